The van der Waals surface area contributed by atoms with Gasteiger partial charge in [0.15, 0.2) is 0 Å². The van der Waals surface area contributed by atoms with E-state index in [1.165, 1.54) is 12.1 Å². The van der Waals surface area contributed by atoms with Crippen molar-refractivity contribution in [2.45, 2.75) is 6.10 Å². The van der Waals surface area contributed by atoms with Crippen LogP contribution in [0.4, 0.5) is 4.39 Å². The van der Waals surface area contributed by atoms with E-state index in [0.717, 1.165) is 16.5 Å². The summed E-state index contributed by atoms with van der Waals surface area (Å²) >= 11 is 0. The van der Waals surface area contributed by atoms with Crippen LogP contribution in [0.25, 0.3) is 10.9 Å². The van der Waals surface area contributed by atoms with Crippen molar-refractivity contribution >= 4 is 10.9 Å². The molecule has 1 aromatic heterocycles. The van der Waals surface area contributed by atoms with Crippen molar-refractivity contribution in [2.75, 3.05) is 0 Å². The Balaban J connectivity index is 2.11. The van der Waals surface area contributed by atoms with Crippen molar-refractivity contribution < 1.29 is 9.50 Å². The summed E-state index contributed by atoms with van der Waals surface area (Å²) in [7, 11) is 0. The minimum absolute atomic E-state index is 0.310. The summed E-state index contributed by atoms with van der Waals surface area (Å²) < 4.78 is 12.9. The average Bonchev–Trinajstić information content (AvgIpc) is 2.47. The first-order valence-electron chi connectivity index (χ1n) is 6.03. The number of benzene rings is 2. The number of aliphatic hydroxyl groups is 1. The lowest BCUT2D eigenvalue weighted by molar-refractivity contribution is 0.221. The van der Waals surface area contributed by atoms with Crippen molar-refractivity contribution in [3.8, 4) is 0 Å². The molecule has 1 N–H and O–H groups in total. The molecular formula is C16H12FNO. The van der Waals surface area contributed by atoms with Crippen LogP contribution >= 0.6 is 0 Å². The third-order valence-corrected chi connectivity index (χ3v) is 3.16. The fourth-order valence-electron chi connectivity index (χ4n) is 2.18. The maximum absolute atomic E-state index is 12.9. The van der Waals surface area contributed by atoms with Crippen LogP contribution in [0.2, 0.25) is 0 Å². The maximum Gasteiger partial charge on any atom is 0.123 e. The van der Waals surface area contributed by atoms with Crippen LogP contribution in [0.3, 0.4) is 0 Å². The van der Waals surface area contributed by atoms with Gasteiger partial charge < -0.3 is 5.11 Å². The lowest BCUT2D eigenvalue weighted by atomic mass is 9.98. The first-order chi connectivity index (χ1) is 9.25. The predicted molar refractivity (Wildman–Crippen MR) is 72.2 cm³/mol. The van der Waals surface area contributed by atoms with Gasteiger partial charge in [0, 0.05) is 11.6 Å². The molecule has 0 spiro atoms. The van der Waals surface area contributed by atoms with Gasteiger partial charge in [-0.05, 0) is 35.4 Å². The fourth-order valence-corrected chi connectivity index (χ4v) is 2.18. The van der Waals surface area contributed by atoms with E-state index in [2.05, 4.69) is 4.98 Å². The Hall–Kier alpha value is -2.26. The van der Waals surface area contributed by atoms with Gasteiger partial charge in [-0.15, -0.1) is 0 Å². The van der Waals surface area contributed by atoms with Gasteiger partial charge in [-0.2, -0.15) is 0 Å². The molecule has 3 rings (SSSR count). The summed E-state index contributed by atoms with van der Waals surface area (Å²) in [6, 6.07) is 15.3. The zero-order valence-corrected chi connectivity index (χ0v) is 10.1. The van der Waals surface area contributed by atoms with E-state index in [1.54, 1.807) is 24.4 Å². The summed E-state index contributed by atoms with van der Waals surface area (Å²) in [4.78, 5) is 4.26. The second kappa shape index (κ2) is 4.78. The van der Waals surface area contributed by atoms with Gasteiger partial charge in [0.2, 0.25) is 0 Å². The molecule has 19 heavy (non-hydrogen) atoms. The van der Waals surface area contributed by atoms with Gasteiger partial charge in [-0.25, -0.2) is 4.39 Å². The van der Waals surface area contributed by atoms with Crippen LogP contribution in [0, 0.1) is 5.82 Å². The summed E-state index contributed by atoms with van der Waals surface area (Å²) in [6.07, 6.45) is 0.887. The first kappa shape index (κ1) is 11.8. The third kappa shape index (κ3) is 2.20. The number of aliphatic hydroxyl groups excluding tert-OH is 1. The number of fused-ring (bicyclic) bond motifs is 1. The Morgan fingerprint density at radius 3 is 2.47 bits per heavy atom. The zero-order valence-electron chi connectivity index (χ0n) is 10.1. The van der Waals surface area contributed by atoms with Crippen molar-refractivity contribution in [2.24, 2.45) is 0 Å². The van der Waals surface area contributed by atoms with Crippen LogP contribution in [0.5, 0.6) is 0 Å². The predicted octanol–water partition coefficient (Wildman–Crippen LogP) is 3.46. The van der Waals surface area contributed by atoms with Crippen molar-refractivity contribution in [1.29, 1.82) is 0 Å². The quantitative estimate of drug-likeness (QED) is 0.758. The van der Waals surface area contributed by atoms with Crippen molar-refractivity contribution in [3.05, 3.63) is 77.7 Å². The SMILES string of the molecule is OC(c1ccc(F)cc1)c1ccnc2ccccc12. The number of pyridine rings is 1. The normalized spacial score (nSPS) is 12.5. The Morgan fingerprint density at radius 1 is 0.947 bits per heavy atom. The first-order valence-corrected chi connectivity index (χ1v) is 6.03. The molecule has 0 radical (unpaired) electrons. The van der Waals surface area contributed by atoms with Crippen LogP contribution in [0.15, 0.2) is 60.8 Å². The van der Waals surface area contributed by atoms with E-state index in [4.69, 9.17) is 0 Å². The van der Waals surface area contributed by atoms with Crippen molar-refractivity contribution in [3.63, 3.8) is 0 Å². The molecule has 2 aromatic carbocycles. The topological polar surface area (TPSA) is 33.1 Å². The summed E-state index contributed by atoms with van der Waals surface area (Å²) in [5.74, 6) is -0.310. The van der Waals surface area contributed by atoms with Gasteiger partial charge in [0.25, 0.3) is 0 Å². The molecule has 1 unspecified atom stereocenters. The number of rotatable bonds is 2. The van der Waals surface area contributed by atoms with Crippen molar-refractivity contribution in [1.82, 2.24) is 4.98 Å². The maximum atomic E-state index is 12.9. The molecule has 3 aromatic rings. The summed E-state index contributed by atoms with van der Waals surface area (Å²) in [6.45, 7) is 0. The number of hydrogen-bond acceptors (Lipinski definition) is 2. The molecule has 1 heterocycles. The molecule has 0 saturated heterocycles. The molecule has 3 heteroatoms. The van der Waals surface area contributed by atoms with Gasteiger partial charge in [0.05, 0.1) is 5.52 Å². The van der Waals surface area contributed by atoms with E-state index < -0.39 is 6.10 Å². The highest BCUT2D eigenvalue weighted by Crippen LogP contribution is 2.27. The molecule has 0 bridgehead atoms. The highest BCUT2D eigenvalue weighted by Gasteiger charge is 2.13. The van der Waals surface area contributed by atoms with Crippen LogP contribution in [-0.2, 0) is 0 Å². The molecular weight excluding hydrogens is 241 g/mol. The average molecular weight is 253 g/mol. The van der Waals surface area contributed by atoms with E-state index in [0.29, 0.717) is 5.56 Å². The standard InChI is InChI=1S/C16H12FNO/c17-12-7-5-11(6-8-12)16(19)14-9-10-18-15-4-2-1-3-13(14)15/h1-10,16,19H. The van der Waals surface area contributed by atoms with E-state index in [1.807, 2.05) is 24.3 Å². The molecule has 0 aliphatic heterocycles. The molecule has 94 valence electrons. The highest BCUT2D eigenvalue weighted by atomic mass is 19.1. The monoisotopic (exact) mass is 253 g/mol. The van der Waals surface area contributed by atoms with Gasteiger partial charge in [0.1, 0.15) is 11.9 Å². The number of nitrogens with zero attached hydrogens (tertiary/aromatic N) is 1. The molecule has 0 saturated carbocycles. The Morgan fingerprint density at radius 2 is 1.68 bits per heavy atom. The van der Waals surface area contributed by atoms with E-state index >= 15 is 0 Å². The Kier molecular flexibility index (Phi) is 2.97. The lowest BCUT2D eigenvalue weighted by Gasteiger charge is -2.13. The molecule has 2 nitrogen and oxygen atoms in total. The number of hydrogen-bond donors (Lipinski definition) is 1. The second-order valence-corrected chi connectivity index (χ2v) is 4.37. The largest absolute Gasteiger partial charge is 0.384 e. The number of aromatic nitrogens is 1. The molecule has 0 aliphatic carbocycles. The zero-order chi connectivity index (χ0) is 13.2. The number of halogens is 1. The molecule has 0 aliphatic rings. The minimum Gasteiger partial charge on any atom is -0.384 e. The minimum atomic E-state index is -0.784. The highest BCUT2D eigenvalue weighted by molar-refractivity contribution is 5.82. The summed E-state index contributed by atoms with van der Waals surface area (Å²) in [5, 5.41) is 11.3. The molecule has 0 amide bonds. The summed E-state index contributed by atoms with van der Waals surface area (Å²) in [5.41, 5.74) is 2.27. The fraction of sp³-hybridized carbons (Fsp3) is 0.0625. The Labute approximate surface area is 110 Å². The van der Waals surface area contributed by atoms with Crippen LogP contribution in [0.1, 0.15) is 17.2 Å². The van der Waals surface area contributed by atoms with E-state index in [9.17, 15) is 9.50 Å². The van der Waals surface area contributed by atoms with Crippen LogP contribution in [-0.4, -0.2) is 10.1 Å². The third-order valence-electron chi connectivity index (χ3n) is 3.16. The molecule has 1 atom stereocenters. The number of para-hydroxylation sites is 1. The lowest BCUT2D eigenvalue weighted by Crippen LogP contribution is -2.01. The van der Waals surface area contributed by atoms with Gasteiger partial charge in [-0.3, -0.25) is 4.98 Å². The molecule has 0 fully saturated rings. The van der Waals surface area contributed by atoms with Gasteiger partial charge >= 0.3 is 0 Å². The van der Waals surface area contributed by atoms with E-state index in [-0.39, 0.29) is 5.82 Å². The van der Waals surface area contributed by atoms with Crippen LogP contribution < -0.4 is 0 Å². The smallest absolute Gasteiger partial charge is 0.123 e. The van der Waals surface area contributed by atoms with Gasteiger partial charge in [-0.1, -0.05) is 30.3 Å². The Bertz CT molecular complexity index is 704. The second-order valence-electron chi connectivity index (χ2n) is 4.37.